The second kappa shape index (κ2) is 4.46. The van der Waals surface area contributed by atoms with Crippen LogP contribution in [0.15, 0.2) is 54.6 Å². The smallest absolute Gasteiger partial charge is 0.872 e. The van der Waals surface area contributed by atoms with Crippen molar-refractivity contribution in [2.24, 2.45) is 0 Å². The van der Waals surface area contributed by atoms with E-state index < -0.39 is 0 Å². The second-order valence-electron chi connectivity index (χ2n) is 3.65. The number of fused-ring (bicyclic) bond motifs is 2. The molecule has 0 saturated heterocycles. The summed E-state index contributed by atoms with van der Waals surface area (Å²) >= 11 is 0. The van der Waals surface area contributed by atoms with Crippen LogP contribution in [-0.4, -0.2) is 0 Å². The zero-order valence-corrected chi connectivity index (χ0v) is 11.1. The van der Waals surface area contributed by atoms with E-state index in [1.165, 1.54) is 0 Å². The molecule has 0 spiro atoms. The molecule has 0 saturated carbocycles. The van der Waals surface area contributed by atoms with Crippen molar-refractivity contribution in [2.75, 3.05) is 0 Å². The number of hydrogen-bond acceptors (Lipinski definition) is 1. The normalized spacial score (nSPS) is 10.2. The van der Waals surface area contributed by atoms with Gasteiger partial charge >= 0.3 is 29.6 Å². The zero-order chi connectivity index (χ0) is 10.3. The second-order valence-corrected chi connectivity index (χ2v) is 3.65. The fourth-order valence-electron chi connectivity index (χ4n) is 1.97. The monoisotopic (exact) mass is 216 g/mol. The van der Waals surface area contributed by atoms with Crippen LogP contribution in [0.2, 0.25) is 0 Å². The molecular formula is C14H9NaO. The number of hydrogen-bond donors (Lipinski definition) is 0. The SMILES string of the molecule is [Na+].[O-]c1c2ccccc2cc2ccccc12. The average molecular weight is 216 g/mol. The fraction of sp³-hybridized carbons (Fsp3) is 0. The molecule has 0 aliphatic heterocycles. The molecule has 1 nitrogen and oxygen atoms in total. The van der Waals surface area contributed by atoms with Crippen LogP contribution < -0.4 is 34.7 Å². The van der Waals surface area contributed by atoms with Crippen molar-refractivity contribution in [3.63, 3.8) is 0 Å². The van der Waals surface area contributed by atoms with Gasteiger partial charge in [0.05, 0.1) is 0 Å². The van der Waals surface area contributed by atoms with E-state index in [-0.39, 0.29) is 35.3 Å². The summed E-state index contributed by atoms with van der Waals surface area (Å²) in [5.41, 5.74) is 0. The van der Waals surface area contributed by atoms with Crippen LogP contribution in [0, 0.1) is 0 Å². The van der Waals surface area contributed by atoms with Gasteiger partial charge in [-0.1, -0.05) is 54.3 Å². The first kappa shape index (κ1) is 11.5. The van der Waals surface area contributed by atoms with Crippen molar-refractivity contribution in [3.05, 3.63) is 54.6 Å². The maximum absolute atomic E-state index is 12.1. The predicted molar refractivity (Wildman–Crippen MR) is 60.9 cm³/mol. The molecular weight excluding hydrogens is 207 g/mol. The zero-order valence-electron chi connectivity index (χ0n) is 9.10. The molecule has 0 atom stereocenters. The van der Waals surface area contributed by atoms with E-state index in [0.717, 1.165) is 21.5 Å². The molecule has 16 heavy (non-hydrogen) atoms. The van der Waals surface area contributed by atoms with Crippen LogP contribution in [0.25, 0.3) is 21.5 Å². The predicted octanol–water partition coefficient (Wildman–Crippen LogP) is 0.0706. The summed E-state index contributed by atoms with van der Waals surface area (Å²) < 4.78 is 0. The quantitative estimate of drug-likeness (QED) is 0.385. The van der Waals surface area contributed by atoms with Crippen LogP contribution in [0.5, 0.6) is 5.75 Å². The minimum absolute atomic E-state index is 0. The molecule has 3 rings (SSSR count). The third-order valence-electron chi connectivity index (χ3n) is 2.72. The molecule has 0 unspecified atom stereocenters. The maximum atomic E-state index is 12.1. The van der Waals surface area contributed by atoms with E-state index in [0.29, 0.717) is 0 Å². The first-order valence-electron chi connectivity index (χ1n) is 4.94. The van der Waals surface area contributed by atoms with Gasteiger partial charge in [0, 0.05) is 0 Å². The molecule has 0 bridgehead atoms. The van der Waals surface area contributed by atoms with Crippen LogP contribution >= 0.6 is 0 Å². The summed E-state index contributed by atoms with van der Waals surface area (Å²) in [5.74, 6) is 0.128. The van der Waals surface area contributed by atoms with E-state index in [9.17, 15) is 5.11 Å². The van der Waals surface area contributed by atoms with Gasteiger partial charge in [-0.05, 0) is 27.6 Å². The van der Waals surface area contributed by atoms with Crippen LogP contribution in [0.4, 0.5) is 0 Å². The fourth-order valence-corrected chi connectivity index (χ4v) is 1.97. The third-order valence-corrected chi connectivity index (χ3v) is 2.72. The van der Waals surface area contributed by atoms with Gasteiger partial charge in [-0.25, -0.2) is 0 Å². The minimum Gasteiger partial charge on any atom is -0.872 e. The standard InChI is InChI=1S/C14H10O.Na/c15-14-12-7-3-1-5-10(12)9-11-6-2-4-8-13(11)14;/h1-9,15H;/q;+1/p-1. The Kier molecular flexibility index (Phi) is 3.20. The molecule has 3 aromatic rings. The van der Waals surface area contributed by atoms with Crippen LogP contribution in [-0.2, 0) is 0 Å². The van der Waals surface area contributed by atoms with Gasteiger partial charge in [0.15, 0.2) is 0 Å². The Morgan fingerprint density at radius 2 is 1.12 bits per heavy atom. The van der Waals surface area contributed by atoms with Gasteiger partial charge < -0.3 is 5.11 Å². The Morgan fingerprint density at radius 1 is 0.688 bits per heavy atom. The molecule has 0 radical (unpaired) electrons. The molecule has 0 aliphatic rings. The van der Waals surface area contributed by atoms with Crippen molar-refractivity contribution in [2.45, 2.75) is 0 Å². The molecule has 72 valence electrons. The van der Waals surface area contributed by atoms with Gasteiger partial charge in [-0.15, -0.1) is 0 Å². The van der Waals surface area contributed by atoms with Gasteiger partial charge in [0.2, 0.25) is 0 Å². The molecule has 0 N–H and O–H groups in total. The number of rotatable bonds is 0. The average Bonchev–Trinajstić information content (AvgIpc) is 2.30. The van der Waals surface area contributed by atoms with E-state index in [1.807, 2.05) is 48.5 Å². The summed E-state index contributed by atoms with van der Waals surface area (Å²) in [4.78, 5) is 0. The Labute approximate surface area is 116 Å². The molecule has 0 aliphatic carbocycles. The van der Waals surface area contributed by atoms with E-state index in [1.54, 1.807) is 0 Å². The molecule has 3 aromatic carbocycles. The van der Waals surface area contributed by atoms with Gasteiger partial charge in [0.25, 0.3) is 0 Å². The topological polar surface area (TPSA) is 23.1 Å². The number of benzene rings is 3. The summed E-state index contributed by atoms with van der Waals surface area (Å²) in [7, 11) is 0. The summed E-state index contributed by atoms with van der Waals surface area (Å²) in [6.45, 7) is 0. The van der Waals surface area contributed by atoms with E-state index >= 15 is 0 Å². The molecule has 0 aromatic heterocycles. The Hall–Kier alpha value is -1.02. The Bertz CT molecular complexity index is 592. The Balaban J connectivity index is 0.000000963. The Morgan fingerprint density at radius 3 is 1.62 bits per heavy atom. The van der Waals surface area contributed by atoms with Gasteiger partial charge in [-0.2, -0.15) is 0 Å². The summed E-state index contributed by atoms with van der Waals surface area (Å²) in [5, 5.41) is 15.7. The summed E-state index contributed by atoms with van der Waals surface area (Å²) in [6.07, 6.45) is 0. The van der Waals surface area contributed by atoms with Crippen molar-refractivity contribution in [1.29, 1.82) is 0 Å². The third kappa shape index (κ3) is 1.71. The van der Waals surface area contributed by atoms with Gasteiger partial charge in [0.1, 0.15) is 0 Å². The van der Waals surface area contributed by atoms with Crippen molar-refractivity contribution in [3.8, 4) is 5.75 Å². The summed E-state index contributed by atoms with van der Waals surface area (Å²) in [6, 6.07) is 17.5. The van der Waals surface area contributed by atoms with Gasteiger partial charge in [-0.3, -0.25) is 0 Å². The van der Waals surface area contributed by atoms with Crippen molar-refractivity contribution < 1.29 is 34.7 Å². The largest absolute Gasteiger partial charge is 1.00 e. The van der Waals surface area contributed by atoms with E-state index in [2.05, 4.69) is 6.07 Å². The van der Waals surface area contributed by atoms with Crippen LogP contribution in [0.1, 0.15) is 0 Å². The first-order valence-corrected chi connectivity index (χ1v) is 4.94. The van der Waals surface area contributed by atoms with Crippen molar-refractivity contribution >= 4 is 21.5 Å². The molecule has 0 amide bonds. The van der Waals surface area contributed by atoms with Crippen molar-refractivity contribution in [1.82, 2.24) is 0 Å². The minimum atomic E-state index is 0. The molecule has 0 fully saturated rings. The van der Waals surface area contributed by atoms with Crippen LogP contribution in [0.3, 0.4) is 0 Å². The maximum Gasteiger partial charge on any atom is 1.00 e. The first-order chi connectivity index (χ1) is 7.36. The molecule has 2 heteroatoms. The van der Waals surface area contributed by atoms with E-state index in [4.69, 9.17) is 0 Å². The molecule has 0 heterocycles.